The van der Waals surface area contributed by atoms with Gasteiger partial charge in [0.15, 0.2) is 0 Å². The van der Waals surface area contributed by atoms with E-state index in [2.05, 4.69) is 21.2 Å². The van der Waals surface area contributed by atoms with Crippen LogP contribution in [0.25, 0.3) is 0 Å². The van der Waals surface area contributed by atoms with Crippen molar-refractivity contribution in [1.82, 2.24) is 10.2 Å². The van der Waals surface area contributed by atoms with Crippen LogP contribution in [-0.2, 0) is 0 Å². The van der Waals surface area contributed by atoms with Gasteiger partial charge < -0.3 is 15.0 Å². The van der Waals surface area contributed by atoms with Gasteiger partial charge >= 0.3 is 0 Å². The molecule has 1 unspecified atom stereocenters. The standard InChI is InChI=1S/C12H18BrN3O3/c1-14-10(7-15(2)3)8-5-12(19-4)9(13)6-11(8)16(17)18/h5-6,10,14H,7H2,1-4H3. The Labute approximate surface area is 121 Å². The number of nitrogens with zero attached hydrogens (tertiary/aromatic N) is 2. The summed E-state index contributed by atoms with van der Waals surface area (Å²) in [4.78, 5) is 12.8. The quantitative estimate of drug-likeness (QED) is 0.639. The van der Waals surface area contributed by atoms with Crippen LogP contribution >= 0.6 is 15.9 Å². The molecule has 0 amide bonds. The maximum atomic E-state index is 11.2. The van der Waals surface area contributed by atoms with E-state index in [0.29, 0.717) is 22.3 Å². The van der Waals surface area contributed by atoms with Gasteiger partial charge in [-0.3, -0.25) is 10.1 Å². The highest BCUT2D eigenvalue weighted by Gasteiger charge is 2.24. The third-order valence-electron chi connectivity index (χ3n) is 2.77. The van der Waals surface area contributed by atoms with E-state index in [-0.39, 0.29) is 16.7 Å². The van der Waals surface area contributed by atoms with E-state index in [1.54, 1.807) is 13.1 Å². The van der Waals surface area contributed by atoms with Crippen LogP contribution in [0.4, 0.5) is 5.69 Å². The minimum absolute atomic E-state index is 0.0777. The molecule has 19 heavy (non-hydrogen) atoms. The predicted octanol–water partition coefficient (Wildman–Crippen LogP) is 2.19. The van der Waals surface area contributed by atoms with Crippen molar-refractivity contribution < 1.29 is 9.66 Å². The lowest BCUT2D eigenvalue weighted by Gasteiger charge is -2.21. The zero-order valence-corrected chi connectivity index (χ0v) is 13.0. The van der Waals surface area contributed by atoms with Crippen LogP contribution in [0.3, 0.4) is 0 Å². The Balaban J connectivity index is 3.32. The van der Waals surface area contributed by atoms with Crippen LogP contribution in [0.1, 0.15) is 11.6 Å². The molecule has 0 aliphatic heterocycles. The summed E-state index contributed by atoms with van der Waals surface area (Å²) < 4.78 is 5.78. The van der Waals surface area contributed by atoms with Crippen molar-refractivity contribution in [2.75, 3.05) is 34.8 Å². The zero-order chi connectivity index (χ0) is 14.6. The molecule has 0 radical (unpaired) electrons. The number of nitro groups is 1. The number of likely N-dealkylation sites (N-methyl/N-ethyl adjacent to an activating group) is 2. The van der Waals surface area contributed by atoms with Crippen LogP contribution in [0.2, 0.25) is 0 Å². The number of hydrogen-bond donors (Lipinski definition) is 1. The molecule has 0 aliphatic carbocycles. The van der Waals surface area contributed by atoms with Crippen molar-refractivity contribution in [2.24, 2.45) is 0 Å². The van der Waals surface area contributed by atoms with Gasteiger partial charge in [0.2, 0.25) is 0 Å². The number of halogens is 1. The van der Waals surface area contributed by atoms with Gasteiger partial charge in [-0.15, -0.1) is 0 Å². The first-order valence-corrected chi connectivity index (χ1v) is 6.53. The first kappa shape index (κ1) is 15.9. The summed E-state index contributed by atoms with van der Waals surface area (Å²) >= 11 is 3.27. The molecule has 7 heteroatoms. The second kappa shape index (κ2) is 6.83. The Morgan fingerprint density at radius 2 is 2.16 bits per heavy atom. The van der Waals surface area contributed by atoms with Crippen LogP contribution < -0.4 is 10.1 Å². The smallest absolute Gasteiger partial charge is 0.275 e. The maximum absolute atomic E-state index is 11.2. The number of nitro benzene ring substituents is 1. The first-order chi connectivity index (χ1) is 8.90. The van der Waals surface area contributed by atoms with Crippen molar-refractivity contribution in [1.29, 1.82) is 0 Å². The summed E-state index contributed by atoms with van der Waals surface area (Å²) in [6.45, 7) is 0.655. The second-order valence-electron chi connectivity index (χ2n) is 4.41. The number of hydrogen-bond acceptors (Lipinski definition) is 5. The van der Waals surface area contributed by atoms with E-state index >= 15 is 0 Å². The van der Waals surface area contributed by atoms with Gasteiger partial charge in [-0.25, -0.2) is 0 Å². The Bertz CT molecular complexity index is 466. The average Bonchev–Trinajstić information content (AvgIpc) is 2.35. The predicted molar refractivity (Wildman–Crippen MR) is 77.7 cm³/mol. The summed E-state index contributed by atoms with van der Waals surface area (Å²) in [5.41, 5.74) is 0.690. The SMILES string of the molecule is CNC(CN(C)C)c1cc(OC)c(Br)cc1[N+](=O)[O-]. The molecule has 106 valence electrons. The number of benzene rings is 1. The summed E-state index contributed by atoms with van der Waals surface area (Å²) in [7, 11) is 7.17. The lowest BCUT2D eigenvalue weighted by Crippen LogP contribution is -2.29. The fraction of sp³-hybridized carbons (Fsp3) is 0.500. The van der Waals surface area contributed by atoms with E-state index in [0.717, 1.165) is 0 Å². The highest BCUT2D eigenvalue weighted by atomic mass is 79.9. The second-order valence-corrected chi connectivity index (χ2v) is 5.26. The molecule has 1 rings (SSSR count). The van der Waals surface area contributed by atoms with Gasteiger partial charge in [0.1, 0.15) is 5.75 Å². The molecule has 1 N–H and O–H groups in total. The van der Waals surface area contributed by atoms with Crippen LogP contribution in [0.5, 0.6) is 5.75 Å². The van der Waals surface area contributed by atoms with Crippen LogP contribution in [0, 0.1) is 10.1 Å². The number of ether oxygens (including phenoxy) is 1. The molecule has 0 heterocycles. The highest BCUT2D eigenvalue weighted by molar-refractivity contribution is 9.10. The van der Waals surface area contributed by atoms with E-state index in [1.165, 1.54) is 13.2 Å². The molecule has 0 aliphatic rings. The summed E-state index contributed by atoms with van der Waals surface area (Å²) in [5.74, 6) is 0.583. The Hall–Kier alpha value is -1.18. The first-order valence-electron chi connectivity index (χ1n) is 5.74. The maximum Gasteiger partial charge on any atom is 0.275 e. The minimum Gasteiger partial charge on any atom is -0.496 e. The monoisotopic (exact) mass is 331 g/mol. The van der Waals surface area contributed by atoms with Gasteiger partial charge in [-0.2, -0.15) is 0 Å². The largest absolute Gasteiger partial charge is 0.496 e. The van der Waals surface area contributed by atoms with Crippen LogP contribution in [0.15, 0.2) is 16.6 Å². The molecular weight excluding hydrogens is 314 g/mol. The number of methoxy groups -OCH3 is 1. The lowest BCUT2D eigenvalue weighted by molar-refractivity contribution is -0.385. The van der Waals surface area contributed by atoms with Crippen molar-refractivity contribution in [2.45, 2.75) is 6.04 Å². The molecular formula is C12H18BrN3O3. The van der Waals surface area contributed by atoms with Crippen molar-refractivity contribution in [3.8, 4) is 5.75 Å². The molecule has 0 aromatic heterocycles. The fourth-order valence-corrected chi connectivity index (χ4v) is 2.36. The van der Waals surface area contributed by atoms with Gasteiger partial charge in [0, 0.05) is 12.6 Å². The number of nitrogens with one attached hydrogen (secondary N) is 1. The topological polar surface area (TPSA) is 67.6 Å². The molecule has 0 spiro atoms. The normalized spacial score (nSPS) is 12.5. The molecule has 1 atom stereocenters. The Kier molecular flexibility index (Phi) is 5.71. The van der Waals surface area contributed by atoms with Gasteiger partial charge in [0.05, 0.1) is 28.1 Å². The van der Waals surface area contributed by atoms with Crippen molar-refractivity contribution in [3.05, 3.63) is 32.3 Å². The number of rotatable bonds is 6. The Morgan fingerprint density at radius 1 is 1.53 bits per heavy atom. The van der Waals surface area contributed by atoms with E-state index < -0.39 is 0 Å². The summed E-state index contributed by atoms with van der Waals surface area (Å²) in [6, 6.07) is 3.04. The van der Waals surface area contributed by atoms with E-state index in [1.807, 2.05) is 19.0 Å². The molecule has 6 nitrogen and oxygen atoms in total. The van der Waals surface area contributed by atoms with E-state index in [4.69, 9.17) is 4.74 Å². The molecule has 1 aromatic rings. The Morgan fingerprint density at radius 3 is 2.58 bits per heavy atom. The van der Waals surface area contributed by atoms with Crippen LogP contribution in [-0.4, -0.2) is 44.6 Å². The minimum atomic E-state index is -0.375. The third kappa shape index (κ3) is 3.89. The fourth-order valence-electron chi connectivity index (χ4n) is 1.86. The van der Waals surface area contributed by atoms with Crippen molar-refractivity contribution in [3.63, 3.8) is 0 Å². The third-order valence-corrected chi connectivity index (χ3v) is 3.39. The lowest BCUT2D eigenvalue weighted by atomic mass is 10.0. The summed E-state index contributed by atoms with van der Waals surface area (Å²) in [5, 5.41) is 14.3. The molecule has 0 bridgehead atoms. The zero-order valence-electron chi connectivity index (χ0n) is 11.4. The average molecular weight is 332 g/mol. The molecule has 1 aromatic carbocycles. The molecule has 0 saturated heterocycles. The molecule has 0 saturated carbocycles. The highest BCUT2D eigenvalue weighted by Crippen LogP contribution is 2.35. The van der Waals surface area contributed by atoms with Crippen molar-refractivity contribution >= 4 is 21.6 Å². The van der Waals surface area contributed by atoms with Gasteiger partial charge in [0.25, 0.3) is 5.69 Å². The molecule has 0 fully saturated rings. The summed E-state index contributed by atoms with van der Waals surface area (Å²) in [6.07, 6.45) is 0. The van der Waals surface area contributed by atoms with E-state index in [9.17, 15) is 10.1 Å². The van der Waals surface area contributed by atoms with Gasteiger partial charge in [-0.1, -0.05) is 0 Å². The van der Waals surface area contributed by atoms with Gasteiger partial charge in [-0.05, 0) is 43.1 Å².